The number of methoxy groups -OCH3 is 1. The standard InChI is InChI=1S/C16H13FN4O3S2/c1-24-11-7-12(17)14(21(22)23)13(8-11)25-16-20-19-15(26-16)18-9-10-5-3-2-4-6-10/h2-8H,9H2,1H3,(H,18,19). The Balaban J connectivity index is 1.76. The molecule has 0 bridgehead atoms. The molecule has 3 rings (SSSR count). The molecule has 0 radical (unpaired) electrons. The van der Waals surface area contributed by atoms with Gasteiger partial charge >= 0.3 is 5.69 Å². The fourth-order valence-corrected chi connectivity index (χ4v) is 3.97. The van der Waals surface area contributed by atoms with Crippen LogP contribution in [0.4, 0.5) is 15.2 Å². The first kappa shape index (κ1) is 18.1. The molecule has 0 unspecified atom stereocenters. The number of rotatable bonds is 7. The van der Waals surface area contributed by atoms with Gasteiger partial charge in [-0.3, -0.25) is 10.1 Å². The first-order valence-corrected chi connectivity index (χ1v) is 9.01. The van der Waals surface area contributed by atoms with Crippen molar-refractivity contribution in [1.29, 1.82) is 0 Å². The maximum absolute atomic E-state index is 14.0. The highest BCUT2D eigenvalue weighted by Gasteiger charge is 2.24. The molecule has 0 aliphatic heterocycles. The van der Waals surface area contributed by atoms with Gasteiger partial charge < -0.3 is 10.1 Å². The summed E-state index contributed by atoms with van der Waals surface area (Å²) in [6.07, 6.45) is 0. The number of anilines is 1. The average Bonchev–Trinajstić information content (AvgIpc) is 3.07. The van der Waals surface area contributed by atoms with Crippen molar-refractivity contribution in [3.63, 3.8) is 0 Å². The molecule has 10 heteroatoms. The van der Waals surface area contributed by atoms with Gasteiger partial charge in [0, 0.05) is 18.7 Å². The predicted molar refractivity (Wildman–Crippen MR) is 97.4 cm³/mol. The van der Waals surface area contributed by atoms with Gasteiger partial charge in [0.05, 0.1) is 16.9 Å². The minimum atomic E-state index is -0.955. The van der Waals surface area contributed by atoms with E-state index in [0.29, 0.717) is 16.0 Å². The van der Waals surface area contributed by atoms with Gasteiger partial charge in [0.15, 0.2) is 4.34 Å². The van der Waals surface area contributed by atoms with Crippen molar-refractivity contribution < 1.29 is 14.1 Å². The summed E-state index contributed by atoms with van der Waals surface area (Å²) in [4.78, 5) is 10.5. The summed E-state index contributed by atoms with van der Waals surface area (Å²) in [5.74, 6) is -0.758. The van der Waals surface area contributed by atoms with E-state index in [-0.39, 0.29) is 10.6 Å². The number of aromatic nitrogens is 2. The molecule has 1 N–H and O–H groups in total. The van der Waals surface area contributed by atoms with E-state index >= 15 is 0 Å². The summed E-state index contributed by atoms with van der Waals surface area (Å²) >= 11 is 2.20. The number of nitrogens with one attached hydrogen (secondary N) is 1. The number of ether oxygens (including phenoxy) is 1. The lowest BCUT2D eigenvalue weighted by Gasteiger charge is -2.05. The van der Waals surface area contributed by atoms with Gasteiger partial charge in [-0.2, -0.15) is 4.39 Å². The van der Waals surface area contributed by atoms with Crippen LogP contribution in [0.3, 0.4) is 0 Å². The van der Waals surface area contributed by atoms with Crippen LogP contribution < -0.4 is 10.1 Å². The van der Waals surface area contributed by atoms with E-state index in [2.05, 4.69) is 15.5 Å². The van der Waals surface area contributed by atoms with E-state index in [1.165, 1.54) is 24.5 Å². The molecule has 2 aromatic carbocycles. The summed E-state index contributed by atoms with van der Waals surface area (Å²) in [7, 11) is 1.37. The molecule has 0 fully saturated rings. The largest absolute Gasteiger partial charge is 0.497 e. The zero-order valence-electron chi connectivity index (χ0n) is 13.5. The number of halogens is 1. The van der Waals surface area contributed by atoms with Gasteiger partial charge in [0.1, 0.15) is 5.75 Å². The number of nitro benzene ring substituents is 1. The lowest BCUT2D eigenvalue weighted by Crippen LogP contribution is -1.98. The fraction of sp³-hybridized carbons (Fsp3) is 0.125. The second-order valence-corrected chi connectivity index (χ2v) is 7.29. The van der Waals surface area contributed by atoms with Gasteiger partial charge in [-0.1, -0.05) is 41.7 Å². The topological polar surface area (TPSA) is 90.2 Å². The molecule has 0 saturated heterocycles. The van der Waals surface area contributed by atoms with Gasteiger partial charge in [-0.25, -0.2) is 0 Å². The van der Waals surface area contributed by atoms with Crippen LogP contribution in [-0.2, 0) is 6.54 Å². The van der Waals surface area contributed by atoms with Crippen LogP contribution in [-0.4, -0.2) is 22.2 Å². The second kappa shape index (κ2) is 8.11. The molecule has 3 aromatic rings. The number of nitro groups is 1. The molecule has 1 aromatic heterocycles. The molecule has 0 amide bonds. The molecule has 0 aliphatic rings. The molecule has 0 spiro atoms. The molecule has 0 atom stereocenters. The van der Waals surface area contributed by atoms with E-state index in [0.717, 1.165) is 23.4 Å². The van der Waals surface area contributed by atoms with Crippen LogP contribution in [0, 0.1) is 15.9 Å². The number of benzene rings is 2. The molecule has 134 valence electrons. The monoisotopic (exact) mass is 392 g/mol. The van der Waals surface area contributed by atoms with Crippen molar-refractivity contribution in [1.82, 2.24) is 10.2 Å². The van der Waals surface area contributed by atoms with Gasteiger partial charge in [-0.15, -0.1) is 10.2 Å². The van der Waals surface area contributed by atoms with Gasteiger partial charge in [0.2, 0.25) is 10.9 Å². The van der Waals surface area contributed by atoms with Crippen LogP contribution in [0.15, 0.2) is 51.7 Å². The van der Waals surface area contributed by atoms with Crippen molar-refractivity contribution in [2.75, 3.05) is 12.4 Å². The van der Waals surface area contributed by atoms with E-state index in [9.17, 15) is 14.5 Å². The Hall–Kier alpha value is -2.72. The van der Waals surface area contributed by atoms with Crippen molar-refractivity contribution in [3.8, 4) is 5.75 Å². The fourth-order valence-electron chi connectivity index (χ4n) is 2.11. The third kappa shape index (κ3) is 4.27. The number of hydrogen-bond donors (Lipinski definition) is 1. The quantitative estimate of drug-likeness (QED) is 0.472. The number of hydrogen-bond acceptors (Lipinski definition) is 8. The highest BCUT2D eigenvalue weighted by molar-refractivity contribution is 8.01. The van der Waals surface area contributed by atoms with E-state index < -0.39 is 16.4 Å². The second-order valence-electron chi connectivity index (χ2n) is 5.03. The Morgan fingerprint density at radius 2 is 2.08 bits per heavy atom. The van der Waals surface area contributed by atoms with Crippen molar-refractivity contribution >= 4 is 33.9 Å². The van der Waals surface area contributed by atoms with Crippen LogP contribution in [0.25, 0.3) is 0 Å². The van der Waals surface area contributed by atoms with Crippen LogP contribution >= 0.6 is 23.1 Å². The lowest BCUT2D eigenvalue weighted by molar-refractivity contribution is -0.390. The Kier molecular flexibility index (Phi) is 5.64. The third-order valence-electron chi connectivity index (χ3n) is 3.31. The highest BCUT2D eigenvalue weighted by atomic mass is 32.2. The molecule has 0 aliphatic carbocycles. The maximum Gasteiger partial charge on any atom is 0.318 e. The Morgan fingerprint density at radius 3 is 2.77 bits per heavy atom. The zero-order chi connectivity index (χ0) is 18.5. The van der Waals surface area contributed by atoms with Crippen LogP contribution in [0.1, 0.15) is 5.56 Å². The van der Waals surface area contributed by atoms with E-state index in [1.807, 2.05) is 30.3 Å². The summed E-state index contributed by atoms with van der Waals surface area (Å²) in [6, 6.07) is 12.2. The SMILES string of the molecule is COc1cc(F)c([N+](=O)[O-])c(Sc2nnc(NCc3ccccc3)s2)c1. The summed E-state index contributed by atoms with van der Waals surface area (Å²) in [6.45, 7) is 0.577. The number of nitrogens with zero attached hydrogens (tertiary/aromatic N) is 3. The third-order valence-corrected chi connectivity index (χ3v) is 5.27. The molecule has 0 saturated carbocycles. The maximum atomic E-state index is 14.0. The first-order chi connectivity index (χ1) is 12.6. The molecular formula is C16H13FN4O3S2. The van der Waals surface area contributed by atoms with Gasteiger partial charge in [-0.05, 0) is 17.3 Å². The lowest BCUT2D eigenvalue weighted by atomic mass is 10.2. The molecule has 1 heterocycles. The Labute approximate surface area is 156 Å². The average molecular weight is 392 g/mol. The summed E-state index contributed by atoms with van der Waals surface area (Å²) < 4.78 is 19.4. The van der Waals surface area contributed by atoms with Gasteiger partial charge in [0.25, 0.3) is 0 Å². The molecule has 7 nitrogen and oxygen atoms in total. The predicted octanol–water partition coefficient (Wildman–Crippen LogP) is 4.36. The van der Waals surface area contributed by atoms with Crippen LogP contribution in [0.2, 0.25) is 0 Å². The minimum Gasteiger partial charge on any atom is -0.497 e. The van der Waals surface area contributed by atoms with Crippen LogP contribution in [0.5, 0.6) is 5.75 Å². The van der Waals surface area contributed by atoms with Crippen molar-refractivity contribution in [2.24, 2.45) is 0 Å². The summed E-state index contributed by atoms with van der Waals surface area (Å²) in [5.41, 5.74) is 0.479. The normalized spacial score (nSPS) is 10.5. The molecular weight excluding hydrogens is 379 g/mol. The van der Waals surface area contributed by atoms with E-state index in [4.69, 9.17) is 4.74 Å². The van der Waals surface area contributed by atoms with E-state index in [1.54, 1.807) is 0 Å². The molecule has 26 heavy (non-hydrogen) atoms. The Morgan fingerprint density at radius 1 is 1.31 bits per heavy atom. The highest BCUT2D eigenvalue weighted by Crippen LogP contribution is 2.40. The Bertz CT molecular complexity index is 921. The summed E-state index contributed by atoms with van der Waals surface area (Å²) in [5, 5.41) is 22.9. The minimum absolute atomic E-state index is 0.109. The van der Waals surface area contributed by atoms with Crippen molar-refractivity contribution in [3.05, 3.63) is 64.0 Å². The smallest absolute Gasteiger partial charge is 0.318 e. The zero-order valence-corrected chi connectivity index (χ0v) is 15.1. The first-order valence-electron chi connectivity index (χ1n) is 7.38. The van der Waals surface area contributed by atoms with Crippen molar-refractivity contribution in [2.45, 2.75) is 15.8 Å².